The maximum Gasteiger partial charge on any atom is 0.216 e. The Morgan fingerprint density at radius 2 is 1.77 bits per heavy atom. The number of hydrogen-bond donors (Lipinski definition) is 3. The van der Waals surface area contributed by atoms with Crippen LogP contribution in [0.25, 0.3) is 0 Å². The lowest BCUT2D eigenvalue weighted by Crippen LogP contribution is -2.37. The lowest BCUT2D eigenvalue weighted by Gasteiger charge is -2.12. The third-order valence-electron chi connectivity index (χ3n) is 3.30. The zero-order valence-corrected chi connectivity index (χ0v) is 19.1. The molecule has 1 aromatic carbocycles. The van der Waals surface area contributed by atoms with Crippen molar-refractivity contribution in [1.82, 2.24) is 15.4 Å². The summed E-state index contributed by atoms with van der Waals surface area (Å²) in [5.74, 6) is 0.714. The Morgan fingerprint density at radius 1 is 1.15 bits per heavy atom. The van der Waals surface area contributed by atoms with Crippen LogP contribution < -0.4 is 15.4 Å². The average molecular weight is 498 g/mol. The van der Waals surface area contributed by atoms with E-state index in [2.05, 4.69) is 20.3 Å². The van der Waals surface area contributed by atoms with Crippen LogP contribution in [0, 0.1) is 0 Å². The number of nitrogens with zero attached hydrogens (tertiary/aromatic N) is 1. The summed E-state index contributed by atoms with van der Waals surface area (Å²) in [6, 6.07) is 7.42. The van der Waals surface area contributed by atoms with Gasteiger partial charge in [-0.1, -0.05) is 24.3 Å². The van der Waals surface area contributed by atoms with Gasteiger partial charge in [0.25, 0.3) is 0 Å². The predicted octanol–water partition coefficient (Wildman–Crippen LogP) is 1.83. The molecule has 0 aromatic heterocycles. The third-order valence-corrected chi connectivity index (χ3v) is 4.84. The second-order valence-corrected chi connectivity index (χ2v) is 7.80. The number of halogens is 1. The smallest absolute Gasteiger partial charge is 0.216 e. The molecule has 0 saturated heterocycles. The highest BCUT2D eigenvalue weighted by molar-refractivity contribution is 14.0. The van der Waals surface area contributed by atoms with Crippen LogP contribution in [0.4, 0.5) is 0 Å². The minimum absolute atomic E-state index is 0. The largest absolute Gasteiger partial charge is 0.385 e. The normalized spacial score (nSPS) is 12.0. The zero-order chi connectivity index (χ0) is 18.7. The van der Waals surface area contributed by atoms with Gasteiger partial charge < -0.3 is 15.4 Å². The van der Waals surface area contributed by atoms with Gasteiger partial charge in [-0.15, -0.1) is 24.0 Å². The lowest BCUT2D eigenvalue weighted by molar-refractivity contribution is 0.195. The second kappa shape index (κ2) is 13.3. The minimum atomic E-state index is -3.30. The Balaban J connectivity index is 0.00000625. The van der Waals surface area contributed by atoms with Crippen molar-refractivity contribution in [1.29, 1.82) is 0 Å². The average Bonchev–Trinajstić information content (AvgIpc) is 2.54. The Kier molecular flexibility index (Phi) is 12.8. The molecule has 9 heteroatoms. The first-order valence-electron chi connectivity index (χ1n) is 8.37. The van der Waals surface area contributed by atoms with Crippen molar-refractivity contribution in [3.63, 3.8) is 0 Å². The SMILES string of the molecule is CN=C(NCCCOC)NCc1ccc(CS(=O)(=O)NC(C)C)cc1.I. The van der Waals surface area contributed by atoms with Crippen molar-refractivity contribution in [2.75, 3.05) is 27.3 Å². The Bertz CT molecular complexity index is 634. The van der Waals surface area contributed by atoms with Gasteiger partial charge in [0, 0.05) is 39.9 Å². The van der Waals surface area contributed by atoms with E-state index >= 15 is 0 Å². The summed E-state index contributed by atoms with van der Waals surface area (Å²) in [5.41, 5.74) is 1.82. The van der Waals surface area contributed by atoms with Crippen molar-refractivity contribution in [3.05, 3.63) is 35.4 Å². The minimum Gasteiger partial charge on any atom is -0.385 e. The summed E-state index contributed by atoms with van der Waals surface area (Å²) in [6.07, 6.45) is 0.908. The number of benzene rings is 1. The van der Waals surface area contributed by atoms with Crippen LogP contribution in [0.3, 0.4) is 0 Å². The van der Waals surface area contributed by atoms with E-state index in [0.29, 0.717) is 13.2 Å². The van der Waals surface area contributed by atoms with Crippen LogP contribution >= 0.6 is 24.0 Å². The van der Waals surface area contributed by atoms with Crippen LogP contribution in [0.15, 0.2) is 29.3 Å². The van der Waals surface area contributed by atoms with Gasteiger partial charge in [-0.3, -0.25) is 4.99 Å². The number of aliphatic imine (C=N–C) groups is 1. The van der Waals surface area contributed by atoms with Crippen LogP contribution in [0.1, 0.15) is 31.4 Å². The van der Waals surface area contributed by atoms with Gasteiger partial charge in [-0.25, -0.2) is 13.1 Å². The summed E-state index contributed by atoms with van der Waals surface area (Å²) in [5, 5.41) is 6.43. The molecule has 0 heterocycles. The molecule has 150 valence electrons. The zero-order valence-electron chi connectivity index (χ0n) is 15.9. The van der Waals surface area contributed by atoms with Crippen molar-refractivity contribution in [2.45, 2.75) is 38.6 Å². The second-order valence-electron chi connectivity index (χ2n) is 6.05. The van der Waals surface area contributed by atoms with Crippen LogP contribution in [-0.2, 0) is 27.1 Å². The molecule has 0 aliphatic carbocycles. The number of hydrogen-bond acceptors (Lipinski definition) is 4. The summed E-state index contributed by atoms with van der Waals surface area (Å²) >= 11 is 0. The Hall–Kier alpha value is -0.910. The molecular formula is C17H31IN4O3S. The molecule has 0 fully saturated rings. The third kappa shape index (κ3) is 10.9. The van der Waals surface area contributed by atoms with E-state index in [1.807, 2.05) is 38.1 Å². The predicted molar refractivity (Wildman–Crippen MR) is 117 cm³/mol. The van der Waals surface area contributed by atoms with Crippen LogP contribution in [0.2, 0.25) is 0 Å². The fourth-order valence-electron chi connectivity index (χ4n) is 2.20. The summed E-state index contributed by atoms with van der Waals surface area (Å²) < 4.78 is 31.5. The number of sulfonamides is 1. The van der Waals surface area contributed by atoms with E-state index in [4.69, 9.17) is 4.74 Å². The summed E-state index contributed by atoms with van der Waals surface area (Å²) in [7, 11) is 0.108. The van der Waals surface area contributed by atoms with E-state index in [9.17, 15) is 8.42 Å². The molecule has 26 heavy (non-hydrogen) atoms. The van der Waals surface area contributed by atoms with Crippen LogP contribution in [0.5, 0.6) is 0 Å². The molecule has 0 saturated carbocycles. The maximum atomic E-state index is 11.9. The first-order chi connectivity index (χ1) is 11.9. The van der Waals surface area contributed by atoms with E-state index in [0.717, 1.165) is 30.1 Å². The first-order valence-corrected chi connectivity index (χ1v) is 10.0. The highest BCUT2D eigenvalue weighted by atomic mass is 127. The molecule has 0 aliphatic heterocycles. The van der Waals surface area contributed by atoms with Gasteiger partial charge in [0.05, 0.1) is 5.75 Å². The Morgan fingerprint density at radius 3 is 2.31 bits per heavy atom. The Labute approximate surface area is 174 Å². The highest BCUT2D eigenvalue weighted by Crippen LogP contribution is 2.08. The number of guanidine groups is 1. The van der Waals surface area contributed by atoms with Gasteiger partial charge in [-0.05, 0) is 31.4 Å². The molecule has 7 nitrogen and oxygen atoms in total. The molecule has 0 amide bonds. The molecule has 0 radical (unpaired) electrons. The molecule has 1 aromatic rings. The molecule has 3 N–H and O–H groups in total. The first kappa shape index (κ1) is 25.1. The standard InChI is InChI=1S/C17H30N4O3S.HI/c1-14(2)21-25(22,23)13-16-8-6-15(7-9-16)12-20-17(18-3)19-10-5-11-24-4;/h6-9,14,21H,5,10-13H2,1-4H3,(H2,18,19,20);1H. The molecule has 0 bridgehead atoms. The summed E-state index contributed by atoms with van der Waals surface area (Å²) in [6.45, 7) is 5.72. The summed E-state index contributed by atoms with van der Waals surface area (Å²) in [4.78, 5) is 4.16. The fourth-order valence-corrected chi connectivity index (χ4v) is 3.64. The van der Waals surface area contributed by atoms with Gasteiger partial charge in [0.1, 0.15) is 0 Å². The molecule has 0 atom stereocenters. The quantitative estimate of drug-likeness (QED) is 0.198. The highest BCUT2D eigenvalue weighted by Gasteiger charge is 2.12. The monoisotopic (exact) mass is 498 g/mol. The number of methoxy groups -OCH3 is 1. The number of nitrogens with one attached hydrogen (secondary N) is 3. The van der Waals surface area contributed by atoms with Gasteiger partial charge in [0.15, 0.2) is 5.96 Å². The van der Waals surface area contributed by atoms with Crippen molar-refractivity contribution in [2.24, 2.45) is 4.99 Å². The van der Waals surface area contributed by atoms with E-state index < -0.39 is 10.0 Å². The van der Waals surface area contributed by atoms with Gasteiger partial charge >= 0.3 is 0 Å². The van der Waals surface area contributed by atoms with Gasteiger partial charge in [-0.2, -0.15) is 0 Å². The molecule has 0 aliphatic rings. The number of rotatable bonds is 10. The maximum absolute atomic E-state index is 11.9. The molecule has 0 spiro atoms. The molecular weight excluding hydrogens is 467 g/mol. The van der Waals surface area contributed by atoms with E-state index in [1.54, 1.807) is 14.2 Å². The van der Waals surface area contributed by atoms with Crippen molar-refractivity contribution >= 4 is 40.0 Å². The lowest BCUT2D eigenvalue weighted by atomic mass is 10.1. The fraction of sp³-hybridized carbons (Fsp3) is 0.588. The van der Waals surface area contributed by atoms with E-state index in [-0.39, 0.29) is 35.8 Å². The number of ether oxygens (including phenoxy) is 1. The topological polar surface area (TPSA) is 91.8 Å². The van der Waals surface area contributed by atoms with E-state index in [1.165, 1.54) is 0 Å². The van der Waals surface area contributed by atoms with Gasteiger partial charge in [0.2, 0.25) is 10.0 Å². The molecule has 0 unspecified atom stereocenters. The van der Waals surface area contributed by atoms with Crippen molar-refractivity contribution in [3.8, 4) is 0 Å². The van der Waals surface area contributed by atoms with Crippen LogP contribution in [-0.4, -0.2) is 47.7 Å². The molecule has 1 rings (SSSR count). The van der Waals surface area contributed by atoms with Crippen molar-refractivity contribution < 1.29 is 13.2 Å².